The van der Waals surface area contributed by atoms with Gasteiger partial charge in [0, 0.05) is 5.56 Å². The van der Waals surface area contributed by atoms with Crippen LogP contribution in [0.15, 0.2) is 36.4 Å². The molecule has 0 radical (unpaired) electrons. The highest BCUT2D eigenvalue weighted by Gasteiger charge is 2.13. The first-order valence-corrected chi connectivity index (χ1v) is 6.08. The zero-order valence-electron chi connectivity index (χ0n) is 11.0. The van der Waals surface area contributed by atoms with Crippen LogP contribution in [-0.2, 0) is 6.61 Å². The van der Waals surface area contributed by atoms with E-state index in [-0.39, 0.29) is 5.75 Å². The minimum Gasteiger partial charge on any atom is -0.507 e. The van der Waals surface area contributed by atoms with E-state index in [1.807, 2.05) is 30.3 Å². The van der Waals surface area contributed by atoms with Crippen molar-refractivity contribution < 1.29 is 14.6 Å². The van der Waals surface area contributed by atoms with Crippen molar-refractivity contribution in [3.63, 3.8) is 0 Å². The van der Waals surface area contributed by atoms with Gasteiger partial charge in [-0.1, -0.05) is 30.3 Å². The van der Waals surface area contributed by atoms with Crippen LogP contribution in [0.4, 0.5) is 0 Å². The average Bonchev–Trinajstić information content (AvgIpc) is 2.43. The molecule has 0 atom stereocenters. The summed E-state index contributed by atoms with van der Waals surface area (Å²) in [6.07, 6.45) is 0.665. The zero-order valence-corrected chi connectivity index (χ0v) is 11.0. The summed E-state index contributed by atoms with van der Waals surface area (Å²) in [4.78, 5) is 10.9. The molecule has 3 heteroatoms. The van der Waals surface area contributed by atoms with Crippen LogP contribution in [0.1, 0.15) is 27.0 Å². The van der Waals surface area contributed by atoms with Gasteiger partial charge in [-0.3, -0.25) is 4.79 Å². The van der Waals surface area contributed by atoms with Gasteiger partial charge in [0.2, 0.25) is 0 Å². The largest absolute Gasteiger partial charge is 0.507 e. The highest BCUT2D eigenvalue weighted by Crippen LogP contribution is 2.32. The van der Waals surface area contributed by atoms with Crippen molar-refractivity contribution in [2.45, 2.75) is 20.5 Å². The van der Waals surface area contributed by atoms with Crippen LogP contribution in [0, 0.1) is 13.8 Å². The summed E-state index contributed by atoms with van der Waals surface area (Å²) in [5, 5.41) is 9.95. The minimum atomic E-state index is -0.00179. The van der Waals surface area contributed by atoms with E-state index in [1.54, 1.807) is 19.9 Å². The maximum absolute atomic E-state index is 10.9. The second-order valence-corrected chi connectivity index (χ2v) is 4.47. The molecule has 1 N–H and O–H groups in total. The van der Waals surface area contributed by atoms with Gasteiger partial charge in [0.25, 0.3) is 0 Å². The lowest BCUT2D eigenvalue weighted by Gasteiger charge is -2.13. The van der Waals surface area contributed by atoms with Gasteiger partial charge in [-0.05, 0) is 31.0 Å². The summed E-state index contributed by atoms with van der Waals surface area (Å²) in [5.74, 6) is 0.600. The first-order valence-electron chi connectivity index (χ1n) is 6.08. The molecule has 2 aromatic carbocycles. The third-order valence-electron chi connectivity index (χ3n) is 3.11. The second-order valence-electron chi connectivity index (χ2n) is 4.47. The number of aromatic hydroxyl groups is 1. The number of carbonyl (C=O) groups excluding carboxylic acids is 1. The maximum Gasteiger partial charge on any atom is 0.154 e. The predicted molar refractivity (Wildman–Crippen MR) is 73.7 cm³/mol. The van der Waals surface area contributed by atoms with Crippen molar-refractivity contribution >= 4 is 6.29 Å². The number of phenols is 1. The van der Waals surface area contributed by atoms with Gasteiger partial charge in [0.15, 0.2) is 6.29 Å². The number of ether oxygens (including phenoxy) is 1. The SMILES string of the molecule is Cc1cc(OCc2ccccc2)c(C)c(O)c1C=O. The minimum absolute atomic E-state index is 0.00179. The molecule has 19 heavy (non-hydrogen) atoms. The molecule has 98 valence electrons. The maximum atomic E-state index is 10.9. The van der Waals surface area contributed by atoms with Crippen LogP contribution in [-0.4, -0.2) is 11.4 Å². The number of phenolic OH excluding ortho intramolecular Hbond substituents is 1. The van der Waals surface area contributed by atoms with Crippen LogP contribution in [0.25, 0.3) is 0 Å². The van der Waals surface area contributed by atoms with Crippen molar-refractivity contribution in [1.82, 2.24) is 0 Å². The van der Waals surface area contributed by atoms with E-state index in [1.165, 1.54) is 0 Å². The highest BCUT2D eigenvalue weighted by molar-refractivity contribution is 5.83. The van der Waals surface area contributed by atoms with Gasteiger partial charge in [-0.2, -0.15) is 0 Å². The Hall–Kier alpha value is -2.29. The van der Waals surface area contributed by atoms with Gasteiger partial charge in [-0.15, -0.1) is 0 Å². The summed E-state index contributed by atoms with van der Waals surface area (Å²) in [5.41, 5.74) is 2.67. The van der Waals surface area contributed by atoms with Crippen molar-refractivity contribution in [3.05, 3.63) is 58.7 Å². The van der Waals surface area contributed by atoms with Crippen molar-refractivity contribution in [1.29, 1.82) is 0 Å². The Kier molecular flexibility index (Phi) is 3.85. The number of hydrogen-bond donors (Lipinski definition) is 1. The first kappa shape index (κ1) is 13.1. The lowest BCUT2D eigenvalue weighted by molar-refractivity contribution is 0.112. The van der Waals surface area contributed by atoms with Crippen molar-refractivity contribution in [2.75, 3.05) is 0 Å². The third kappa shape index (κ3) is 2.76. The first-order chi connectivity index (χ1) is 9.13. The van der Waals surface area contributed by atoms with Crippen molar-refractivity contribution in [2.24, 2.45) is 0 Å². The predicted octanol–water partition coefficient (Wildman–Crippen LogP) is 3.40. The molecule has 2 rings (SSSR count). The topological polar surface area (TPSA) is 46.5 Å². The number of aryl methyl sites for hydroxylation is 1. The Morgan fingerprint density at radius 2 is 1.89 bits per heavy atom. The monoisotopic (exact) mass is 256 g/mol. The molecule has 0 saturated carbocycles. The molecule has 0 fully saturated rings. The van der Waals surface area contributed by atoms with Crippen LogP contribution in [0.2, 0.25) is 0 Å². The normalized spacial score (nSPS) is 10.2. The highest BCUT2D eigenvalue weighted by atomic mass is 16.5. The van der Waals surface area contributed by atoms with Crippen LogP contribution in [0.3, 0.4) is 0 Å². The van der Waals surface area contributed by atoms with E-state index in [4.69, 9.17) is 4.74 Å². The summed E-state index contributed by atoms with van der Waals surface area (Å²) in [7, 11) is 0. The summed E-state index contributed by atoms with van der Waals surface area (Å²) in [6.45, 7) is 3.95. The Morgan fingerprint density at radius 1 is 1.21 bits per heavy atom. The molecule has 0 unspecified atom stereocenters. The molecule has 3 nitrogen and oxygen atoms in total. The van der Waals surface area contributed by atoms with E-state index in [0.717, 1.165) is 5.56 Å². The van der Waals surface area contributed by atoms with E-state index < -0.39 is 0 Å². The quantitative estimate of drug-likeness (QED) is 0.853. The van der Waals surface area contributed by atoms with Gasteiger partial charge < -0.3 is 9.84 Å². The summed E-state index contributed by atoms with van der Waals surface area (Å²) in [6, 6.07) is 11.6. The fourth-order valence-electron chi connectivity index (χ4n) is 1.92. The molecule has 0 aromatic heterocycles. The number of aldehydes is 1. The molecule has 0 aliphatic rings. The molecule has 0 amide bonds. The summed E-state index contributed by atoms with van der Waals surface area (Å²) < 4.78 is 5.71. The molecular weight excluding hydrogens is 240 g/mol. The van der Waals surface area contributed by atoms with Crippen LogP contribution >= 0.6 is 0 Å². The molecule has 0 heterocycles. The zero-order chi connectivity index (χ0) is 13.8. The van der Waals surface area contributed by atoms with Crippen LogP contribution in [0.5, 0.6) is 11.5 Å². The molecule has 2 aromatic rings. The van der Waals surface area contributed by atoms with Gasteiger partial charge >= 0.3 is 0 Å². The second kappa shape index (κ2) is 5.57. The van der Waals surface area contributed by atoms with Gasteiger partial charge in [0.1, 0.15) is 18.1 Å². The molecule has 0 saturated heterocycles. The Balaban J connectivity index is 2.24. The number of rotatable bonds is 4. The number of hydrogen-bond acceptors (Lipinski definition) is 3. The van der Waals surface area contributed by atoms with Gasteiger partial charge in [-0.25, -0.2) is 0 Å². The lowest BCUT2D eigenvalue weighted by atomic mass is 10.0. The third-order valence-corrected chi connectivity index (χ3v) is 3.11. The lowest BCUT2D eigenvalue weighted by Crippen LogP contribution is -1.99. The molecule has 0 aliphatic heterocycles. The Labute approximate surface area is 112 Å². The molecular formula is C16H16O3. The Bertz CT molecular complexity index is 589. The van der Waals surface area contributed by atoms with Crippen molar-refractivity contribution in [3.8, 4) is 11.5 Å². The summed E-state index contributed by atoms with van der Waals surface area (Å²) >= 11 is 0. The molecule has 0 aliphatic carbocycles. The smallest absolute Gasteiger partial charge is 0.154 e. The van der Waals surface area contributed by atoms with E-state index in [9.17, 15) is 9.90 Å². The standard InChI is InChI=1S/C16H16O3/c1-11-8-15(12(2)16(18)14(11)9-17)19-10-13-6-4-3-5-7-13/h3-9,18H,10H2,1-2H3. The van der Waals surface area contributed by atoms with E-state index >= 15 is 0 Å². The number of benzene rings is 2. The van der Waals surface area contributed by atoms with Gasteiger partial charge in [0.05, 0.1) is 5.56 Å². The fourth-order valence-corrected chi connectivity index (χ4v) is 1.92. The Morgan fingerprint density at radius 3 is 2.53 bits per heavy atom. The molecule has 0 spiro atoms. The number of carbonyl (C=O) groups is 1. The average molecular weight is 256 g/mol. The van der Waals surface area contributed by atoms with Crippen LogP contribution < -0.4 is 4.74 Å². The van der Waals surface area contributed by atoms with E-state index in [0.29, 0.717) is 35.3 Å². The fraction of sp³-hybridized carbons (Fsp3) is 0.188. The molecule has 0 bridgehead atoms. The van der Waals surface area contributed by atoms with E-state index in [2.05, 4.69) is 0 Å².